The zero-order valence-corrected chi connectivity index (χ0v) is 17.9. The van der Waals surface area contributed by atoms with Crippen LogP contribution in [0.5, 0.6) is 11.5 Å². The Labute approximate surface area is 175 Å². The van der Waals surface area contributed by atoms with Crippen molar-refractivity contribution < 1.29 is 23.6 Å². The topological polar surface area (TPSA) is 107 Å². The number of aromatic nitrogens is 2. The van der Waals surface area contributed by atoms with Gasteiger partial charge in [0.15, 0.2) is 0 Å². The number of unbranched alkanes of at least 4 members (excludes halogenated alkanes) is 3. The van der Waals surface area contributed by atoms with Crippen LogP contribution in [0.4, 0.5) is 4.79 Å². The van der Waals surface area contributed by atoms with Crippen LogP contribution in [0.1, 0.15) is 51.8 Å². The molecule has 0 unspecified atom stereocenters. The number of ether oxygens (including phenoxy) is 2. The number of carbonyl (C=O) groups excluding carboxylic acids is 2. The van der Waals surface area contributed by atoms with Crippen molar-refractivity contribution >= 4 is 11.9 Å². The minimum absolute atomic E-state index is 0.0827. The van der Waals surface area contributed by atoms with E-state index in [0.29, 0.717) is 29.3 Å². The highest BCUT2D eigenvalue weighted by molar-refractivity contribution is 6.06. The van der Waals surface area contributed by atoms with Gasteiger partial charge in [-0.15, -0.1) is 0 Å². The molecule has 0 radical (unpaired) electrons. The lowest BCUT2D eigenvalue weighted by Gasteiger charge is -2.21. The Hall–Kier alpha value is -3.10. The summed E-state index contributed by atoms with van der Waals surface area (Å²) >= 11 is 0. The van der Waals surface area contributed by atoms with Crippen molar-refractivity contribution in [3.63, 3.8) is 0 Å². The van der Waals surface area contributed by atoms with Gasteiger partial charge in [-0.05, 0) is 25.5 Å². The van der Waals surface area contributed by atoms with Crippen molar-refractivity contribution in [2.75, 3.05) is 14.2 Å². The lowest BCUT2D eigenvalue weighted by Crippen LogP contribution is -2.43. The summed E-state index contributed by atoms with van der Waals surface area (Å²) in [7, 11) is 3.10. The van der Waals surface area contributed by atoms with E-state index in [9.17, 15) is 9.59 Å². The molecule has 3 amide bonds. The first kappa shape index (κ1) is 21.6. The molecule has 1 aromatic carbocycles. The van der Waals surface area contributed by atoms with Gasteiger partial charge in [-0.1, -0.05) is 37.8 Å². The molecule has 1 fully saturated rings. The molecule has 1 aliphatic heterocycles. The monoisotopic (exact) mass is 416 g/mol. The Bertz CT molecular complexity index is 913. The van der Waals surface area contributed by atoms with Crippen LogP contribution in [-0.2, 0) is 11.3 Å². The maximum atomic E-state index is 12.9. The molecule has 0 bridgehead atoms. The molecule has 0 spiro atoms. The molecule has 30 heavy (non-hydrogen) atoms. The SMILES string of the molecule is CCCCCC[C@]1(C)NC(=O)N(Cc2nc(-c3ccc(OC)cc3OC)no2)C1=O. The molecular weight excluding hydrogens is 388 g/mol. The summed E-state index contributed by atoms with van der Waals surface area (Å²) in [5.41, 5.74) is -0.279. The standard InChI is InChI=1S/C21H28N4O5/c1-5-6-7-8-11-21(2)19(26)25(20(27)23-21)13-17-22-18(24-30-17)15-10-9-14(28-3)12-16(15)29-4/h9-10,12H,5-8,11,13H2,1-4H3,(H,23,27)/t21-/m0/s1. The van der Waals surface area contributed by atoms with Gasteiger partial charge in [0.2, 0.25) is 11.7 Å². The summed E-state index contributed by atoms with van der Waals surface area (Å²) in [5.74, 6) is 1.36. The summed E-state index contributed by atoms with van der Waals surface area (Å²) in [4.78, 5) is 30.8. The molecule has 1 N–H and O–H groups in total. The highest BCUT2D eigenvalue weighted by Gasteiger charge is 2.47. The number of imide groups is 1. The molecule has 162 valence electrons. The second kappa shape index (κ2) is 9.15. The molecule has 1 saturated heterocycles. The molecule has 2 heterocycles. The second-order valence-corrected chi connectivity index (χ2v) is 7.54. The van der Waals surface area contributed by atoms with Gasteiger partial charge in [-0.25, -0.2) is 4.79 Å². The molecule has 0 aliphatic carbocycles. The first-order valence-electron chi connectivity index (χ1n) is 10.1. The van der Waals surface area contributed by atoms with Crippen LogP contribution < -0.4 is 14.8 Å². The molecule has 1 aliphatic rings. The normalized spacial score (nSPS) is 18.6. The number of benzene rings is 1. The molecule has 0 saturated carbocycles. The number of methoxy groups -OCH3 is 2. The molecule has 1 atom stereocenters. The summed E-state index contributed by atoms with van der Waals surface area (Å²) in [6, 6.07) is 4.79. The minimum atomic E-state index is -0.896. The molecule has 9 nitrogen and oxygen atoms in total. The smallest absolute Gasteiger partial charge is 0.325 e. The van der Waals surface area contributed by atoms with Gasteiger partial charge >= 0.3 is 6.03 Å². The van der Waals surface area contributed by atoms with Gasteiger partial charge in [-0.3, -0.25) is 9.69 Å². The predicted octanol–water partition coefficient (Wildman–Crippen LogP) is 3.53. The third-order valence-corrected chi connectivity index (χ3v) is 5.29. The molecule has 2 aromatic rings. The molecular formula is C21H28N4O5. The van der Waals surface area contributed by atoms with Gasteiger partial charge in [0.1, 0.15) is 23.6 Å². The fourth-order valence-corrected chi connectivity index (χ4v) is 3.51. The number of hydrogen-bond donors (Lipinski definition) is 1. The Morgan fingerprint density at radius 3 is 2.67 bits per heavy atom. The first-order chi connectivity index (χ1) is 14.4. The summed E-state index contributed by atoms with van der Waals surface area (Å²) in [6.07, 6.45) is 4.74. The highest BCUT2D eigenvalue weighted by Crippen LogP contribution is 2.32. The lowest BCUT2D eigenvalue weighted by molar-refractivity contribution is -0.131. The number of nitrogens with zero attached hydrogens (tertiary/aromatic N) is 3. The van der Waals surface area contributed by atoms with E-state index < -0.39 is 11.6 Å². The van der Waals surface area contributed by atoms with Crippen LogP contribution in [0, 0.1) is 0 Å². The van der Waals surface area contributed by atoms with E-state index in [2.05, 4.69) is 22.4 Å². The Balaban J connectivity index is 1.71. The maximum absolute atomic E-state index is 12.9. The highest BCUT2D eigenvalue weighted by atomic mass is 16.5. The van der Waals surface area contributed by atoms with E-state index in [-0.39, 0.29) is 18.3 Å². The van der Waals surface area contributed by atoms with Gasteiger partial charge in [-0.2, -0.15) is 4.98 Å². The fourth-order valence-electron chi connectivity index (χ4n) is 3.51. The zero-order valence-electron chi connectivity index (χ0n) is 17.9. The van der Waals surface area contributed by atoms with Crippen molar-refractivity contribution in [2.45, 2.75) is 58.0 Å². The Morgan fingerprint density at radius 1 is 1.17 bits per heavy atom. The van der Waals surface area contributed by atoms with Crippen LogP contribution in [0.15, 0.2) is 22.7 Å². The number of amides is 3. The van der Waals surface area contributed by atoms with Crippen molar-refractivity contribution in [3.8, 4) is 22.9 Å². The first-order valence-corrected chi connectivity index (χ1v) is 10.1. The van der Waals surface area contributed by atoms with Gasteiger partial charge in [0.25, 0.3) is 5.91 Å². The van der Waals surface area contributed by atoms with Crippen molar-refractivity contribution in [1.82, 2.24) is 20.4 Å². The third-order valence-electron chi connectivity index (χ3n) is 5.29. The van der Waals surface area contributed by atoms with Gasteiger partial charge < -0.3 is 19.3 Å². The summed E-state index contributed by atoms with van der Waals surface area (Å²) < 4.78 is 15.9. The van der Waals surface area contributed by atoms with Crippen LogP contribution in [0.3, 0.4) is 0 Å². The van der Waals surface area contributed by atoms with E-state index in [1.807, 2.05) is 0 Å². The number of carbonyl (C=O) groups is 2. The van der Waals surface area contributed by atoms with E-state index >= 15 is 0 Å². The Kier molecular flexibility index (Phi) is 6.59. The number of rotatable bonds is 10. The average Bonchev–Trinajstić information content (AvgIpc) is 3.29. The average molecular weight is 416 g/mol. The van der Waals surface area contributed by atoms with E-state index in [0.717, 1.165) is 30.6 Å². The van der Waals surface area contributed by atoms with E-state index in [1.54, 1.807) is 32.2 Å². The summed E-state index contributed by atoms with van der Waals surface area (Å²) in [5, 5.41) is 6.78. The quantitative estimate of drug-likeness (QED) is 0.466. The number of nitrogens with one attached hydrogen (secondary N) is 1. The molecule has 9 heteroatoms. The number of hydrogen-bond acceptors (Lipinski definition) is 7. The van der Waals surface area contributed by atoms with Crippen LogP contribution >= 0.6 is 0 Å². The van der Waals surface area contributed by atoms with E-state index in [4.69, 9.17) is 14.0 Å². The predicted molar refractivity (Wildman–Crippen MR) is 109 cm³/mol. The second-order valence-electron chi connectivity index (χ2n) is 7.54. The maximum Gasteiger partial charge on any atom is 0.325 e. The third kappa shape index (κ3) is 4.39. The van der Waals surface area contributed by atoms with Crippen molar-refractivity contribution in [1.29, 1.82) is 0 Å². The lowest BCUT2D eigenvalue weighted by atomic mass is 9.94. The molecule has 1 aromatic heterocycles. The van der Waals surface area contributed by atoms with Crippen molar-refractivity contribution in [3.05, 3.63) is 24.1 Å². The molecule has 3 rings (SSSR count). The summed E-state index contributed by atoms with van der Waals surface area (Å²) in [6.45, 7) is 3.81. The van der Waals surface area contributed by atoms with Gasteiger partial charge in [0.05, 0.1) is 19.8 Å². The van der Waals surface area contributed by atoms with E-state index in [1.165, 1.54) is 7.11 Å². The van der Waals surface area contributed by atoms with Gasteiger partial charge in [0, 0.05) is 6.07 Å². The largest absolute Gasteiger partial charge is 0.497 e. The zero-order chi connectivity index (χ0) is 21.7. The number of urea groups is 1. The Morgan fingerprint density at radius 2 is 1.97 bits per heavy atom. The minimum Gasteiger partial charge on any atom is -0.497 e. The van der Waals surface area contributed by atoms with Crippen LogP contribution in [0.2, 0.25) is 0 Å². The van der Waals surface area contributed by atoms with Crippen LogP contribution in [0.25, 0.3) is 11.4 Å². The van der Waals surface area contributed by atoms with Crippen molar-refractivity contribution in [2.24, 2.45) is 0 Å². The fraction of sp³-hybridized carbons (Fsp3) is 0.524. The van der Waals surface area contributed by atoms with Crippen LogP contribution in [-0.4, -0.2) is 46.7 Å².